The first-order valence-corrected chi connectivity index (χ1v) is 5.31. The molecule has 0 fully saturated rings. The van der Waals surface area contributed by atoms with Gasteiger partial charge in [0, 0.05) is 16.2 Å². The smallest absolute Gasteiger partial charge is 0.0328 e. The minimum atomic E-state index is 0.179. The van der Waals surface area contributed by atoms with Gasteiger partial charge in [0.15, 0.2) is 0 Å². The Bertz CT molecular complexity index is 336. The van der Waals surface area contributed by atoms with Gasteiger partial charge in [-0.15, -0.1) is 0 Å². The van der Waals surface area contributed by atoms with E-state index in [0.717, 1.165) is 23.0 Å². The molecule has 0 spiro atoms. The molecular formula is C10H13BrN2. The highest BCUT2D eigenvalue weighted by Crippen LogP contribution is 2.35. The molecular weight excluding hydrogens is 228 g/mol. The molecule has 70 valence electrons. The first kappa shape index (κ1) is 9.03. The fourth-order valence-electron chi connectivity index (χ4n) is 1.98. The molecule has 13 heavy (non-hydrogen) atoms. The van der Waals surface area contributed by atoms with Crippen molar-refractivity contribution in [2.75, 3.05) is 5.73 Å². The van der Waals surface area contributed by atoms with Gasteiger partial charge in [0.05, 0.1) is 0 Å². The van der Waals surface area contributed by atoms with Crippen molar-refractivity contribution < 1.29 is 0 Å². The lowest BCUT2D eigenvalue weighted by Gasteiger charge is -2.23. The van der Waals surface area contributed by atoms with Crippen molar-refractivity contribution in [2.24, 2.45) is 5.73 Å². The predicted octanol–water partition coefficient (Wildman–Crippen LogP) is 2.37. The van der Waals surface area contributed by atoms with Gasteiger partial charge in [-0.2, -0.15) is 0 Å². The van der Waals surface area contributed by atoms with Crippen LogP contribution in [-0.2, 0) is 6.42 Å². The van der Waals surface area contributed by atoms with Crippen molar-refractivity contribution in [1.29, 1.82) is 0 Å². The number of benzene rings is 1. The minimum absolute atomic E-state index is 0.179. The second kappa shape index (κ2) is 3.31. The van der Waals surface area contributed by atoms with Crippen LogP contribution >= 0.6 is 15.9 Å². The monoisotopic (exact) mass is 240 g/mol. The van der Waals surface area contributed by atoms with Crippen LogP contribution in [0, 0.1) is 0 Å². The van der Waals surface area contributed by atoms with Crippen LogP contribution in [0.25, 0.3) is 0 Å². The summed E-state index contributed by atoms with van der Waals surface area (Å²) in [6, 6.07) is 4.15. The number of anilines is 1. The third kappa shape index (κ3) is 1.58. The first-order chi connectivity index (χ1) is 6.18. The van der Waals surface area contributed by atoms with Crippen molar-refractivity contribution >= 4 is 21.6 Å². The predicted molar refractivity (Wildman–Crippen MR) is 58.4 cm³/mol. The Kier molecular flexibility index (Phi) is 2.30. The number of halogens is 1. The highest BCUT2D eigenvalue weighted by molar-refractivity contribution is 9.10. The quantitative estimate of drug-likeness (QED) is 0.685. The zero-order chi connectivity index (χ0) is 9.42. The van der Waals surface area contributed by atoms with Crippen molar-refractivity contribution in [3.05, 3.63) is 27.7 Å². The molecule has 0 heterocycles. The van der Waals surface area contributed by atoms with Gasteiger partial charge < -0.3 is 11.5 Å². The van der Waals surface area contributed by atoms with Gasteiger partial charge in [-0.25, -0.2) is 0 Å². The summed E-state index contributed by atoms with van der Waals surface area (Å²) in [5.41, 5.74) is 15.2. The summed E-state index contributed by atoms with van der Waals surface area (Å²) in [5.74, 6) is 0. The Morgan fingerprint density at radius 3 is 2.92 bits per heavy atom. The number of aryl methyl sites for hydroxylation is 1. The summed E-state index contributed by atoms with van der Waals surface area (Å²) < 4.78 is 1.06. The molecule has 0 amide bonds. The molecule has 2 rings (SSSR count). The Balaban J connectivity index is 2.56. The average molecular weight is 241 g/mol. The lowest BCUT2D eigenvalue weighted by atomic mass is 9.88. The SMILES string of the molecule is Nc1cc(Br)c2c(c1)CCCC2N. The third-order valence-electron chi connectivity index (χ3n) is 2.57. The maximum atomic E-state index is 6.03. The van der Waals surface area contributed by atoms with Crippen LogP contribution in [0.5, 0.6) is 0 Å². The van der Waals surface area contributed by atoms with Gasteiger partial charge in [0.25, 0.3) is 0 Å². The highest BCUT2D eigenvalue weighted by Gasteiger charge is 2.19. The third-order valence-corrected chi connectivity index (χ3v) is 3.23. The summed E-state index contributed by atoms with van der Waals surface area (Å²) in [4.78, 5) is 0. The molecule has 0 radical (unpaired) electrons. The molecule has 0 aromatic heterocycles. The molecule has 0 aliphatic heterocycles. The number of nitrogens with two attached hydrogens (primary N) is 2. The summed E-state index contributed by atoms with van der Waals surface area (Å²) >= 11 is 3.51. The van der Waals surface area contributed by atoms with E-state index < -0.39 is 0 Å². The van der Waals surface area contributed by atoms with Crippen molar-refractivity contribution in [3.8, 4) is 0 Å². The van der Waals surface area contributed by atoms with Crippen molar-refractivity contribution in [1.82, 2.24) is 0 Å². The summed E-state index contributed by atoms with van der Waals surface area (Å²) in [7, 11) is 0. The van der Waals surface area contributed by atoms with Crippen LogP contribution in [0.3, 0.4) is 0 Å². The zero-order valence-electron chi connectivity index (χ0n) is 7.39. The van der Waals surface area contributed by atoms with E-state index in [1.54, 1.807) is 0 Å². The molecule has 1 aromatic rings. The summed E-state index contributed by atoms with van der Waals surface area (Å²) in [6.45, 7) is 0. The lowest BCUT2D eigenvalue weighted by Crippen LogP contribution is -2.18. The maximum Gasteiger partial charge on any atom is 0.0328 e. The Hall–Kier alpha value is -0.540. The molecule has 1 atom stereocenters. The number of rotatable bonds is 0. The van der Waals surface area contributed by atoms with Gasteiger partial charge in [-0.1, -0.05) is 15.9 Å². The van der Waals surface area contributed by atoms with Crippen LogP contribution in [0.1, 0.15) is 30.0 Å². The number of nitrogen functional groups attached to an aromatic ring is 1. The highest BCUT2D eigenvalue weighted by atomic mass is 79.9. The Labute approximate surface area is 86.4 Å². The molecule has 1 aliphatic carbocycles. The zero-order valence-corrected chi connectivity index (χ0v) is 8.97. The molecule has 1 aliphatic rings. The Morgan fingerprint density at radius 2 is 2.15 bits per heavy atom. The van der Waals surface area contributed by atoms with E-state index in [4.69, 9.17) is 11.5 Å². The Morgan fingerprint density at radius 1 is 1.38 bits per heavy atom. The second-order valence-electron chi connectivity index (χ2n) is 3.57. The summed E-state index contributed by atoms with van der Waals surface area (Å²) in [5, 5.41) is 0. The van der Waals surface area contributed by atoms with Crippen molar-refractivity contribution in [2.45, 2.75) is 25.3 Å². The van der Waals surface area contributed by atoms with Crippen LogP contribution in [0.2, 0.25) is 0 Å². The second-order valence-corrected chi connectivity index (χ2v) is 4.43. The molecule has 3 heteroatoms. The van der Waals surface area contributed by atoms with E-state index >= 15 is 0 Å². The molecule has 0 saturated heterocycles. The first-order valence-electron chi connectivity index (χ1n) is 4.52. The standard InChI is InChI=1S/C10H13BrN2/c11-8-5-7(12)4-6-2-1-3-9(13)10(6)8/h4-5,9H,1-3,12-13H2. The van der Waals surface area contributed by atoms with Crippen LogP contribution < -0.4 is 11.5 Å². The van der Waals surface area contributed by atoms with E-state index in [1.165, 1.54) is 17.5 Å². The molecule has 2 nitrogen and oxygen atoms in total. The summed E-state index contributed by atoms with van der Waals surface area (Å²) in [6.07, 6.45) is 3.35. The van der Waals surface area contributed by atoms with E-state index in [0.29, 0.717) is 0 Å². The topological polar surface area (TPSA) is 52.0 Å². The number of hydrogen-bond acceptors (Lipinski definition) is 2. The normalized spacial score (nSPS) is 21.2. The van der Waals surface area contributed by atoms with Gasteiger partial charge in [0.1, 0.15) is 0 Å². The molecule has 1 unspecified atom stereocenters. The fourth-order valence-corrected chi connectivity index (χ4v) is 2.79. The largest absolute Gasteiger partial charge is 0.399 e. The fraction of sp³-hybridized carbons (Fsp3) is 0.400. The molecule has 0 bridgehead atoms. The molecule has 4 N–H and O–H groups in total. The van der Waals surface area contributed by atoms with E-state index in [9.17, 15) is 0 Å². The van der Waals surface area contributed by atoms with Crippen LogP contribution in [-0.4, -0.2) is 0 Å². The van der Waals surface area contributed by atoms with Crippen LogP contribution in [0.4, 0.5) is 5.69 Å². The molecule has 0 saturated carbocycles. The maximum absolute atomic E-state index is 6.03. The average Bonchev–Trinajstić information content (AvgIpc) is 2.02. The van der Waals surface area contributed by atoms with Crippen molar-refractivity contribution in [3.63, 3.8) is 0 Å². The minimum Gasteiger partial charge on any atom is -0.399 e. The van der Waals surface area contributed by atoms with E-state index in [2.05, 4.69) is 15.9 Å². The van der Waals surface area contributed by atoms with Crippen LogP contribution in [0.15, 0.2) is 16.6 Å². The van der Waals surface area contributed by atoms with Gasteiger partial charge in [-0.3, -0.25) is 0 Å². The molecule has 1 aromatic carbocycles. The number of fused-ring (bicyclic) bond motifs is 1. The van der Waals surface area contributed by atoms with E-state index in [-0.39, 0.29) is 6.04 Å². The number of hydrogen-bond donors (Lipinski definition) is 2. The van der Waals surface area contributed by atoms with Gasteiger partial charge in [-0.05, 0) is 42.5 Å². The van der Waals surface area contributed by atoms with E-state index in [1.807, 2.05) is 12.1 Å². The van der Waals surface area contributed by atoms with Gasteiger partial charge >= 0.3 is 0 Å². The van der Waals surface area contributed by atoms with Gasteiger partial charge in [0.2, 0.25) is 0 Å². The lowest BCUT2D eigenvalue weighted by molar-refractivity contribution is 0.568.